The molecule has 1 rings (SSSR count). The molecule has 96 valence electrons. The molecule has 0 saturated heterocycles. The van der Waals surface area contributed by atoms with Gasteiger partial charge < -0.3 is 4.74 Å². The van der Waals surface area contributed by atoms with Gasteiger partial charge in [-0.25, -0.2) is 4.98 Å². The summed E-state index contributed by atoms with van der Waals surface area (Å²) in [7, 11) is -7.03. The van der Waals surface area contributed by atoms with E-state index in [-0.39, 0.29) is 5.75 Å². The summed E-state index contributed by atoms with van der Waals surface area (Å²) >= 11 is 0. The highest BCUT2D eigenvalue weighted by Crippen LogP contribution is 2.24. The smallest absolute Gasteiger partial charge is 0.315 e. The molecule has 0 radical (unpaired) electrons. The standard InChI is InChI=1S/C7H9NO7S2/c1-14-5-3-6(16(9,10)11)7(8-4-5)17(12,13)15-2/h3-4H,1-2H3,(H,9,10,11). The molecular formula is C7H9NO7S2. The van der Waals surface area contributed by atoms with Gasteiger partial charge in [0.2, 0.25) is 5.03 Å². The fraction of sp³-hybridized carbons (Fsp3) is 0.286. The molecule has 0 bridgehead atoms. The van der Waals surface area contributed by atoms with Crippen molar-refractivity contribution in [3.8, 4) is 5.75 Å². The first-order chi connectivity index (χ1) is 7.72. The molecule has 0 fully saturated rings. The van der Waals surface area contributed by atoms with Crippen molar-refractivity contribution in [2.75, 3.05) is 14.2 Å². The van der Waals surface area contributed by atoms with E-state index in [4.69, 9.17) is 4.55 Å². The van der Waals surface area contributed by atoms with Crippen LogP contribution in [0.25, 0.3) is 0 Å². The molecule has 1 aromatic rings. The highest BCUT2D eigenvalue weighted by molar-refractivity contribution is 7.89. The first-order valence-corrected chi connectivity index (χ1v) is 6.89. The van der Waals surface area contributed by atoms with Gasteiger partial charge in [-0.2, -0.15) is 16.8 Å². The van der Waals surface area contributed by atoms with E-state index in [1.54, 1.807) is 0 Å². The monoisotopic (exact) mass is 283 g/mol. The molecule has 1 heterocycles. The largest absolute Gasteiger partial charge is 0.495 e. The maximum absolute atomic E-state index is 11.4. The second-order valence-electron chi connectivity index (χ2n) is 2.77. The molecule has 0 aliphatic rings. The first-order valence-electron chi connectivity index (χ1n) is 4.04. The van der Waals surface area contributed by atoms with E-state index >= 15 is 0 Å². The molecule has 0 saturated carbocycles. The predicted molar refractivity (Wildman–Crippen MR) is 54.8 cm³/mol. The first kappa shape index (κ1) is 13.8. The quantitative estimate of drug-likeness (QED) is 0.589. The Bertz CT molecular complexity index is 620. The topological polar surface area (TPSA) is 120 Å². The fourth-order valence-corrected chi connectivity index (χ4v) is 2.78. The van der Waals surface area contributed by atoms with E-state index in [9.17, 15) is 16.8 Å². The van der Waals surface area contributed by atoms with Crippen LogP contribution in [0.5, 0.6) is 5.75 Å². The van der Waals surface area contributed by atoms with Gasteiger partial charge in [0.1, 0.15) is 10.6 Å². The van der Waals surface area contributed by atoms with Crippen molar-refractivity contribution in [1.82, 2.24) is 4.98 Å². The predicted octanol–water partition coefficient (Wildman–Crippen LogP) is -0.328. The van der Waals surface area contributed by atoms with Crippen molar-refractivity contribution >= 4 is 20.2 Å². The number of nitrogens with zero attached hydrogens (tertiary/aromatic N) is 1. The van der Waals surface area contributed by atoms with Crippen LogP contribution < -0.4 is 4.74 Å². The van der Waals surface area contributed by atoms with Crippen molar-refractivity contribution in [3.05, 3.63) is 12.3 Å². The Kier molecular flexibility index (Phi) is 3.71. The number of rotatable bonds is 4. The third-order valence-electron chi connectivity index (χ3n) is 1.76. The van der Waals surface area contributed by atoms with Crippen LogP contribution in [0.1, 0.15) is 0 Å². The highest BCUT2D eigenvalue weighted by Gasteiger charge is 2.27. The van der Waals surface area contributed by atoms with Gasteiger partial charge in [0.15, 0.2) is 0 Å². The van der Waals surface area contributed by atoms with Gasteiger partial charge in [-0.3, -0.25) is 8.74 Å². The number of hydrogen-bond donors (Lipinski definition) is 1. The maximum atomic E-state index is 11.4. The molecule has 0 atom stereocenters. The van der Waals surface area contributed by atoms with Crippen LogP contribution in [0.3, 0.4) is 0 Å². The molecule has 1 aromatic heterocycles. The number of aromatic nitrogens is 1. The second kappa shape index (κ2) is 4.56. The molecule has 0 aliphatic heterocycles. The fourth-order valence-electron chi connectivity index (χ4n) is 0.977. The minimum absolute atomic E-state index is 0.0207. The summed E-state index contributed by atoms with van der Waals surface area (Å²) < 4.78 is 62.5. The zero-order valence-electron chi connectivity index (χ0n) is 8.82. The highest BCUT2D eigenvalue weighted by atomic mass is 32.2. The second-order valence-corrected chi connectivity index (χ2v) is 5.79. The van der Waals surface area contributed by atoms with Gasteiger partial charge in [-0.05, 0) is 0 Å². The molecule has 17 heavy (non-hydrogen) atoms. The molecule has 0 spiro atoms. The average Bonchev–Trinajstić information content (AvgIpc) is 2.27. The van der Waals surface area contributed by atoms with Crippen LogP contribution in [0.4, 0.5) is 0 Å². The summed E-state index contributed by atoms with van der Waals surface area (Å²) in [6.45, 7) is 0. The van der Waals surface area contributed by atoms with Gasteiger partial charge in [-0.1, -0.05) is 0 Å². The molecule has 0 aromatic carbocycles. The summed E-state index contributed by atoms with van der Waals surface area (Å²) in [6.07, 6.45) is 0.987. The van der Waals surface area contributed by atoms with Crippen molar-refractivity contribution < 1.29 is 30.3 Å². The summed E-state index contributed by atoms with van der Waals surface area (Å²) in [6, 6.07) is 0.828. The van der Waals surface area contributed by atoms with E-state index in [0.29, 0.717) is 0 Å². The van der Waals surface area contributed by atoms with E-state index in [2.05, 4.69) is 13.9 Å². The molecule has 0 aliphatic carbocycles. The third-order valence-corrected chi connectivity index (χ3v) is 4.00. The summed E-state index contributed by atoms with van der Waals surface area (Å²) in [5, 5.41) is -0.900. The van der Waals surface area contributed by atoms with Gasteiger partial charge in [0.05, 0.1) is 20.4 Å². The lowest BCUT2D eigenvalue weighted by atomic mass is 10.5. The Morgan fingerprint density at radius 3 is 2.24 bits per heavy atom. The van der Waals surface area contributed by atoms with Crippen LogP contribution in [0.15, 0.2) is 22.2 Å². The van der Waals surface area contributed by atoms with Crippen LogP contribution in [0, 0.1) is 0 Å². The zero-order valence-corrected chi connectivity index (χ0v) is 10.4. The Labute approximate surface area is 98.1 Å². The molecule has 0 unspecified atom stereocenters. The summed E-state index contributed by atoms with van der Waals surface area (Å²) in [5.41, 5.74) is 0. The van der Waals surface area contributed by atoms with Crippen LogP contribution in [0.2, 0.25) is 0 Å². The van der Waals surface area contributed by atoms with Gasteiger partial charge in [0.25, 0.3) is 10.1 Å². The number of methoxy groups -OCH3 is 1. The van der Waals surface area contributed by atoms with Crippen LogP contribution >= 0.6 is 0 Å². The van der Waals surface area contributed by atoms with E-state index in [0.717, 1.165) is 19.4 Å². The molecule has 8 nitrogen and oxygen atoms in total. The molecule has 0 amide bonds. The van der Waals surface area contributed by atoms with Gasteiger partial charge in [0, 0.05) is 6.07 Å². The lowest BCUT2D eigenvalue weighted by Crippen LogP contribution is -2.12. The van der Waals surface area contributed by atoms with Gasteiger partial charge in [-0.15, -0.1) is 0 Å². The Balaban J connectivity index is 3.64. The van der Waals surface area contributed by atoms with Crippen LogP contribution in [-0.4, -0.2) is 40.6 Å². The van der Waals surface area contributed by atoms with Crippen LogP contribution in [-0.2, 0) is 24.4 Å². The number of hydrogen-bond acceptors (Lipinski definition) is 7. The van der Waals surface area contributed by atoms with E-state index < -0.39 is 30.2 Å². The Hall–Kier alpha value is -1.23. The van der Waals surface area contributed by atoms with Crippen molar-refractivity contribution in [1.29, 1.82) is 0 Å². The average molecular weight is 283 g/mol. The maximum Gasteiger partial charge on any atom is 0.315 e. The van der Waals surface area contributed by atoms with E-state index in [1.807, 2.05) is 0 Å². The Morgan fingerprint density at radius 1 is 1.24 bits per heavy atom. The number of ether oxygens (including phenoxy) is 1. The Morgan fingerprint density at radius 2 is 1.82 bits per heavy atom. The summed E-state index contributed by atoms with van der Waals surface area (Å²) in [5.74, 6) is -0.0207. The van der Waals surface area contributed by atoms with Crippen molar-refractivity contribution in [2.24, 2.45) is 0 Å². The normalized spacial score (nSPS) is 12.4. The minimum Gasteiger partial charge on any atom is -0.495 e. The lowest BCUT2D eigenvalue weighted by Gasteiger charge is -2.07. The molecular weight excluding hydrogens is 274 g/mol. The van der Waals surface area contributed by atoms with Crippen molar-refractivity contribution in [3.63, 3.8) is 0 Å². The third kappa shape index (κ3) is 2.91. The number of pyridine rings is 1. The SMILES string of the molecule is COc1cnc(S(=O)(=O)OC)c(S(=O)(=O)O)c1. The minimum atomic E-state index is -4.76. The zero-order chi connectivity index (χ0) is 13.3. The lowest BCUT2D eigenvalue weighted by molar-refractivity contribution is 0.387. The molecule has 1 N–H and O–H groups in total. The van der Waals surface area contributed by atoms with Gasteiger partial charge >= 0.3 is 10.1 Å². The molecule has 10 heteroatoms. The van der Waals surface area contributed by atoms with E-state index in [1.165, 1.54) is 7.11 Å². The summed E-state index contributed by atoms with van der Waals surface area (Å²) in [4.78, 5) is 2.48. The van der Waals surface area contributed by atoms with Crippen molar-refractivity contribution in [2.45, 2.75) is 9.92 Å².